The number of hydrogen-bond donors (Lipinski definition) is 3. The predicted molar refractivity (Wildman–Crippen MR) is 99.8 cm³/mol. The number of nitrogens with one attached hydrogen (secondary N) is 1. The summed E-state index contributed by atoms with van der Waals surface area (Å²) >= 11 is 0. The summed E-state index contributed by atoms with van der Waals surface area (Å²) in [7, 11) is 0. The van der Waals surface area contributed by atoms with Gasteiger partial charge in [0.05, 0.1) is 11.3 Å². The molecule has 3 N–H and O–H groups in total. The second-order valence-corrected chi connectivity index (χ2v) is 5.70. The van der Waals surface area contributed by atoms with Crippen LogP contribution in [0.5, 0.6) is 5.75 Å². The number of aliphatic hydroxyl groups is 1. The van der Waals surface area contributed by atoms with E-state index in [1.165, 1.54) is 37.3 Å². The van der Waals surface area contributed by atoms with Gasteiger partial charge in [0.1, 0.15) is 23.2 Å². The molecule has 1 aliphatic heterocycles. The van der Waals surface area contributed by atoms with Crippen LogP contribution in [-0.4, -0.2) is 34.5 Å². The first kappa shape index (κ1) is 20.2. The highest BCUT2D eigenvalue weighted by Crippen LogP contribution is 2.29. The summed E-state index contributed by atoms with van der Waals surface area (Å²) in [6.45, 7) is 4.55. The zero-order chi connectivity index (χ0) is 20.8. The third-order valence-corrected chi connectivity index (χ3v) is 3.72. The molecular formula is C20H16N2O6. The van der Waals surface area contributed by atoms with E-state index in [-0.39, 0.29) is 29.2 Å². The van der Waals surface area contributed by atoms with Crippen LogP contribution in [0.2, 0.25) is 0 Å². The van der Waals surface area contributed by atoms with Gasteiger partial charge >= 0.3 is 5.97 Å². The number of carboxylic acids is 1. The number of Topliss-reactive ketones (excluding diaryl/α,β-unsaturated/α-hetero) is 1. The van der Waals surface area contributed by atoms with E-state index in [0.717, 1.165) is 6.08 Å². The molecule has 0 aromatic heterocycles. The lowest BCUT2D eigenvalue weighted by Crippen LogP contribution is -2.25. The van der Waals surface area contributed by atoms with E-state index < -0.39 is 23.1 Å². The first-order valence-corrected chi connectivity index (χ1v) is 7.97. The van der Waals surface area contributed by atoms with E-state index in [4.69, 9.17) is 9.84 Å². The van der Waals surface area contributed by atoms with Crippen LogP contribution in [0.4, 0.5) is 5.69 Å². The highest BCUT2D eigenvalue weighted by atomic mass is 16.5. The number of ether oxygens (including phenoxy) is 1. The highest BCUT2D eigenvalue weighted by Gasteiger charge is 2.20. The number of anilines is 1. The third kappa shape index (κ3) is 4.53. The fourth-order valence-corrected chi connectivity index (χ4v) is 2.33. The SMILES string of the molecule is C=CC(=C\C(C(=O)O)=C(/C)O)/C=C(\C#N)C(=O)c1ccc2c(c1)OCC(=O)N2. The van der Waals surface area contributed by atoms with Crippen molar-refractivity contribution in [3.8, 4) is 11.8 Å². The molecule has 0 unspecified atom stereocenters. The average molecular weight is 380 g/mol. The number of aliphatic carboxylic acids is 1. The summed E-state index contributed by atoms with van der Waals surface area (Å²) in [5.41, 5.74) is 0.0485. The van der Waals surface area contributed by atoms with E-state index in [2.05, 4.69) is 11.9 Å². The molecule has 0 radical (unpaired) electrons. The largest absolute Gasteiger partial charge is 0.512 e. The van der Waals surface area contributed by atoms with Crippen molar-refractivity contribution in [3.63, 3.8) is 0 Å². The van der Waals surface area contributed by atoms with Gasteiger partial charge in [-0.05, 0) is 42.8 Å². The van der Waals surface area contributed by atoms with Crippen molar-refractivity contribution >= 4 is 23.3 Å². The molecule has 0 fully saturated rings. The first-order chi connectivity index (χ1) is 13.3. The lowest BCUT2D eigenvalue weighted by molar-refractivity contribution is -0.132. The maximum absolute atomic E-state index is 12.7. The van der Waals surface area contributed by atoms with E-state index in [1.807, 2.05) is 0 Å². The third-order valence-electron chi connectivity index (χ3n) is 3.72. The number of hydrogen-bond acceptors (Lipinski definition) is 6. The second-order valence-electron chi connectivity index (χ2n) is 5.70. The lowest BCUT2D eigenvalue weighted by atomic mass is 10.00. The van der Waals surface area contributed by atoms with Crippen molar-refractivity contribution in [2.75, 3.05) is 11.9 Å². The number of allylic oxidation sites excluding steroid dienone is 5. The zero-order valence-electron chi connectivity index (χ0n) is 14.9. The quantitative estimate of drug-likeness (QED) is 0.227. The Bertz CT molecular complexity index is 1000. The van der Waals surface area contributed by atoms with Crippen molar-refractivity contribution in [1.29, 1.82) is 5.26 Å². The molecule has 142 valence electrons. The van der Waals surface area contributed by atoms with Gasteiger partial charge in [0.25, 0.3) is 5.91 Å². The molecule has 0 spiro atoms. The normalized spacial score (nSPS) is 14.6. The van der Waals surface area contributed by atoms with Gasteiger partial charge in [-0.3, -0.25) is 9.59 Å². The number of carboxylic acid groups (broad SMARTS) is 1. The molecule has 1 aliphatic rings. The molecule has 0 saturated heterocycles. The number of amides is 1. The van der Waals surface area contributed by atoms with Crippen LogP contribution in [0, 0.1) is 11.3 Å². The van der Waals surface area contributed by atoms with E-state index in [0.29, 0.717) is 11.4 Å². The number of benzene rings is 1. The molecule has 1 amide bonds. The maximum atomic E-state index is 12.7. The van der Waals surface area contributed by atoms with Gasteiger partial charge < -0.3 is 20.3 Å². The van der Waals surface area contributed by atoms with Crippen LogP contribution in [0.15, 0.2) is 65.5 Å². The monoisotopic (exact) mass is 380 g/mol. The predicted octanol–water partition coefficient (Wildman–Crippen LogP) is 2.68. The summed E-state index contributed by atoms with van der Waals surface area (Å²) in [4.78, 5) is 35.1. The standard InChI is InChI=1S/C20H16N2O6/c1-3-12(7-15(11(2)23)20(26)27)6-14(9-21)19(25)13-4-5-16-17(8-13)28-10-18(24)22-16/h3-8,23H,1,10H2,2H3,(H,22,24)(H,26,27)/b12-7+,14-6+,15-11-. The molecule has 8 heteroatoms. The zero-order valence-corrected chi connectivity index (χ0v) is 14.9. The summed E-state index contributed by atoms with van der Waals surface area (Å²) in [5, 5.41) is 30.5. The molecule has 0 atom stereocenters. The van der Waals surface area contributed by atoms with Crippen molar-refractivity contribution in [2.24, 2.45) is 0 Å². The Morgan fingerprint density at radius 2 is 2.04 bits per heavy atom. The maximum Gasteiger partial charge on any atom is 0.339 e. The number of carbonyl (C=O) groups is 3. The van der Waals surface area contributed by atoms with Gasteiger partial charge in [0.15, 0.2) is 6.61 Å². The van der Waals surface area contributed by atoms with Crippen LogP contribution < -0.4 is 10.1 Å². The van der Waals surface area contributed by atoms with E-state index in [1.54, 1.807) is 6.07 Å². The molecule has 8 nitrogen and oxygen atoms in total. The Labute approximate surface area is 160 Å². The second kappa shape index (κ2) is 8.51. The van der Waals surface area contributed by atoms with Crippen LogP contribution in [0.25, 0.3) is 0 Å². The molecule has 2 rings (SSSR count). The Balaban J connectivity index is 2.41. The smallest absolute Gasteiger partial charge is 0.339 e. The van der Waals surface area contributed by atoms with Gasteiger partial charge in [0.2, 0.25) is 5.78 Å². The number of fused-ring (bicyclic) bond motifs is 1. The lowest BCUT2D eigenvalue weighted by Gasteiger charge is -2.18. The highest BCUT2D eigenvalue weighted by molar-refractivity contribution is 6.12. The van der Waals surface area contributed by atoms with Gasteiger partial charge in [-0.2, -0.15) is 5.26 Å². The number of rotatable bonds is 6. The number of aliphatic hydroxyl groups excluding tert-OH is 1. The summed E-state index contributed by atoms with van der Waals surface area (Å²) in [5.74, 6) is -2.44. The fraction of sp³-hybridized carbons (Fsp3) is 0.100. The molecule has 1 aromatic rings. The minimum Gasteiger partial charge on any atom is -0.512 e. The Hall–Kier alpha value is -4.12. The van der Waals surface area contributed by atoms with E-state index >= 15 is 0 Å². The van der Waals surface area contributed by atoms with Crippen LogP contribution in [-0.2, 0) is 9.59 Å². The molecule has 0 aliphatic carbocycles. The molecule has 0 saturated carbocycles. The molecular weight excluding hydrogens is 364 g/mol. The van der Waals surface area contributed by atoms with Gasteiger partial charge in [-0.15, -0.1) is 0 Å². The van der Waals surface area contributed by atoms with Crippen LogP contribution in [0.1, 0.15) is 17.3 Å². The summed E-state index contributed by atoms with van der Waals surface area (Å²) in [6, 6.07) is 6.09. The molecule has 28 heavy (non-hydrogen) atoms. The van der Waals surface area contributed by atoms with Gasteiger partial charge in [0, 0.05) is 5.56 Å². The average Bonchev–Trinajstić information content (AvgIpc) is 2.66. The summed E-state index contributed by atoms with van der Waals surface area (Å²) in [6.07, 6.45) is 3.52. The van der Waals surface area contributed by atoms with Crippen LogP contribution >= 0.6 is 0 Å². The Kier molecular flexibility index (Phi) is 6.14. The van der Waals surface area contributed by atoms with Crippen molar-refractivity contribution < 1.29 is 29.3 Å². The Morgan fingerprint density at radius 1 is 1.32 bits per heavy atom. The topological polar surface area (TPSA) is 137 Å². The molecule has 0 bridgehead atoms. The van der Waals surface area contributed by atoms with E-state index in [9.17, 15) is 24.8 Å². The number of ketones is 1. The first-order valence-electron chi connectivity index (χ1n) is 7.97. The van der Waals surface area contributed by atoms with Gasteiger partial charge in [-0.25, -0.2) is 4.79 Å². The fourth-order valence-electron chi connectivity index (χ4n) is 2.33. The minimum atomic E-state index is -1.37. The Morgan fingerprint density at radius 3 is 2.61 bits per heavy atom. The van der Waals surface area contributed by atoms with Crippen LogP contribution in [0.3, 0.4) is 0 Å². The number of carbonyl (C=O) groups excluding carboxylic acids is 2. The van der Waals surface area contributed by atoms with Crippen molar-refractivity contribution in [3.05, 3.63) is 71.0 Å². The number of nitriles is 1. The molecule has 1 heterocycles. The number of nitrogens with zero attached hydrogens (tertiary/aromatic N) is 1. The minimum absolute atomic E-state index is 0.150. The van der Waals surface area contributed by atoms with Crippen molar-refractivity contribution in [2.45, 2.75) is 6.92 Å². The summed E-state index contributed by atoms with van der Waals surface area (Å²) < 4.78 is 5.25. The van der Waals surface area contributed by atoms with Gasteiger partial charge in [-0.1, -0.05) is 12.7 Å². The van der Waals surface area contributed by atoms with Crippen molar-refractivity contribution in [1.82, 2.24) is 0 Å². The molecule has 1 aromatic carbocycles.